The summed E-state index contributed by atoms with van der Waals surface area (Å²) in [6, 6.07) is 23.7. The van der Waals surface area contributed by atoms with Gasteiger partial charge < -0.3 is 5.32 Å². The summed E-state index contributed by atoms with van der Waals surface area (Å²) in [6.45, 7) is 0. The van der Waals surface area contributed by atoms with E-state index in [2.05, 4.69) is 16.4 Å². The molecule has 3 nitrogen and oxygen atoms in total. The molecule has 0 radical (unpaired) electrons. The van der Waals surface area contributed by atoms with Crippen molar-refractivity contribution in [2.45, 2.75) is 4.90 Å². The fraction of sp³-hybridized carbons (Fsp3) is 0.0435. The Balaban J connectivity index is 1.66. The number of anilines is 1. The average Bonchev–Trinajstić information content (AvgIpc) is 3.29. The number of hydrogen-bond acceptors (Lipinski definition) is 4. The molecule has 4 aromatic rings. The van der Waals surface area contributed by atoms with Crippen LogP contribution in [0.3, 0.4) is 0 Å². The lowest BCUT2D eigenvalue weighted by Crippen LogP contribution is -2.13. The van der Waals surface area contributed by atoms with Crippen LogP contribution >= 0.6 is 23.1 Å². The molecule has 138 valence electrons. The van der Waals surface area contributed by atoms with Crippen LogP contribution in [0, 0.1) is 0 Å². The molecule has 0 aliphatic carbocycles. The van der Waals surface area contributed by atoms with Gasteiger partial charge >= 0.3 is 0 Å². The molecule has 4 rings (SSSR count). The van der Waals surface area contributed by atoms with Crippen molar-refractivity contribution in [3.05, 3.63) is 89.9 Å². The molecule has 0 fully saturated rings. The number of nitrogens with zero attached hydrogens (tertiary/aromatic N) is 1. The van der Waals surface area contributed by atoms with Crippen molar-refractivity contribution < 1.29 is 4.79 Å². The highest BCUT2D eigenvalue weighted by molar-refractivity contribution is 7.98. The van der Waals surface area contributed by atoms with Gasteiger partial charge in [0.05, 0.1) is 0 Å². The van der Waals surface area contributed by atoms with E-state index in [1.807, 2.05) is 78.4 Å². The van der Waals surface area contributed by atoms with Crippen LogP contribution in [0.1, 0.15) is 10.4 Å². The molecular formula is C23H18N2OS2. The summed E-state index contributed by atoms with van der Waals surface area (Å²) < 4.78 is 0. The Kier molecular flexibility index (Phi) is 5.55. The topological polar surface area (TPSA) is 42.0 Å². The third-order valence-electron chi connectivity index (χ3n) is 4.36. The number of thioether (sulfide) groups is 1. The molecular weight excluding hydrogens is 384 g/mol. The van der Waals surface area contributed by atoms with Crippen molar-refractivity contribution in [2.24, 2.45) is 0 Å². The molecule has 0 atom stereocenters. The van der Waals surface area contributed by atoms with E-state index < -0.39 is 0 Å². The average molecular weight is 403 g/mol. The Morgan fingerprint density at radius 2 is 1.79 bits per heavy atom. The van der Waals surface area contributed by atoms with Crippen LogP contribution in [0.5, 0.6) is 0 Å². The van der Waals surface area contributed by atoms with Crippen molar-refractivity contribution in [3.8, 4) is 21.7 Å². The van der Waals surface area contributed by atoms with E-state index >= 15 is 0 Å². The third kappa shape index (κ3) is 4.01. The van der Waals surface area contributed by atoms with Gasteiger partial charge in [-0.1, -0.05) is 42.5 Å². The zero-order valence-electron chi connectivity index (χ0n) is 15.3. The Labute approximate surface area is 172 Å². The highest BCUT2D eigenvalue weighted by Gasteiger charge is 2.14. The molecule has 0 aliphatic rings. The number of carbonyl (C=O) groups is 1. The van der Waals surface area contributed by atoms with Gasteiger partial charge in [0.25, 0.3) is 5.91 Å². The number of rotatable bonds is 5. The van der Waals surface area contributed by atoms with Crippen LogP contribution in [-0.4, -0.2) is 17.1 Å². The fourth-order valence-electron chi connectivity index (χ4n) is 3.00. The van der Waals surface area contributed by atoms with E-state index in [-0.39, 0.29) is 5.91 Å². The minimum atomic E-state index is -0.122. The summed E-state index contributed by atoms with van der Waals surface area (Å²) in [5.74, 6) is -0.122. The molecule has 0 aliphatic heterocycles. The van der Waals surface area contributed by atoms with Crippen molar-refractivity contribution in [3.63, 3.8) is 0 Å². The second kappa shape index (κ2) is 8.42. The van der Waals surface area contributed by atoms with Gasteiger partial charge in [0.1, 0.15) is 5.01 Å². The Hall–Kier alpha value is -2.89. The molecule has 0 unspecified atom stereocenters. The number of amides is 1. The number of nitrogens with one attached hydrogen (secondary N) is 1. The molecule has 0 spiro atoms. The lowest BCUT2D eigenvalue weighted by Gasteiger charge is -2.12. The maximum absolute atomic E-state index is 13.1. The highest BCUT2D eigenvalue weighted by atomic mass is 32.2. The van der Waals surface area contributed by atoms with E-state index in [4.69, 9.17) is 0 Å². The predicted octanol–water partition coefficient (Wildman–Crippen LogP) is 6.45. The van der Waals surface area contributed by atoms with Gasteiger partial charge in [-0.2, -0.15) is 0 Å². The molecule has 5 heteroatoms. The smallest absolute Gasteiger partial charge is 0.256 e. The summed E-state index contributed by atoms with van der Waals surface area (Å²) in [5.41, 5.74) is 4.37. The van der Waals surface area contributed by atoms with Crippen molar-refractivity contribution in [1.29, 1.82) is 0 Å². The first-order chi connectivity index (χ1) is 13.7. The number of aromatic nitrogens is 1. The number of carbonyl (C=O) groups excluding carboxylic acids is 1. The van der Waals surface area contributed by atoms with E-state index in [0.29, 0.717) is 5.56 Å². The summed E-state index contributed by atoms with van der Waals surface area (Å²) >= 11 is 3.24. The van der Waals surface area contributed by atoms with Gasteiger partial charge in [0.2, 0.25) is 0 Å². The number of thiazole rings is 1. The largest absolute Gasteiger partial charge is 0.322 e. The molecule has 0 saturated carbocycles. The highest BCUT2D eigenvalue weighted by Crippen LogP contribution is 2.30. The third-order valence-corrected chi connectivity index (χ3v) is 5.90. The van der Waals surface area contributed by atoms with Crippen LogP contribution in [0.25, 0.3) is 21.7 Å². The number of hydrogen-bond donors (Lipinski definition) is 1. The Morgan fingerprint density at radius 3 is 2.54 bits per heavy atom. The van der Waals surface area contributed by atoms with Gasteiger partial charge in [0, 0.05) is 33.3 Å². The zero-order chi connectivity index (χ0) is 19.3. The summed E-state index contributed by atoms with van der Waals surface area (Å²) in [6.07, 6.45) is 3.82. The van der Waals surface area contributed by atoms with Crippen LogP contribution in [0.4, 0.5) is 5.69 Å². The van der Waals surface area contributed by atoms with Crippen molar-refractivity contribution in [1.82, 2.24) is 4.98 Å². The first-order valence-corrected chi connectivity index (χ1v) is 10.9. The minimum Gasteiger partial charge on any atom is -0.322 e. The molecule has 3 aromatic carbocycles. The van der Waals surface area contributed by atoms with E-state index in [0.717, 1.165) is 32.3 Å². The van der Waals surface area contributed by atoms with Gasteiger partial charge in [-0.05, 0) is 47.7 Å². The molecule has 1 amide bonds. The summed E-state index contributed by atoms with van der Waals surface area (Å²) in [7, 11) is 0. The molecule has 1 heterocycles. The lowest BCUT2D eigenvalue weighted by molar-refractivity contribution is 0.102. The van der Waals surface area contributed by atoms with Crippen LogP contribution in [0.15, 0.2) is 89.3 Å². The van der Waals surface area contributed by atoms with E-state index in [1.54, 1.807) is 29.3 Å². The first-order valence-electron chi connectivity index (χ1n) is 8.79. The van der Waals surface area contributed by atoms with Crippen molar-refractivity contribution in [2.75, 3.05) is 11.6 Å². The summed E-state index contributed by atoms with van der Waals surface area (Å²) in [5, 5.41) is 5.92. The lowest BCUT2D eigenvalue weighted by atomic mass is 9.99. The van der Waals surface area contributed by atoms with Crippen LogP contribution in [-0.2, 0) is 0 Å². The van der Waals surface area contributed by atoms with Crippen LogP contribution in [0.2, 0.25) is 0 Å². The molecule has 1 N–H and O–H groups in total. The molecule has 1 aromatic heterocycles. The zero-order valence-corrected chi connectivity index (χ0v) is 16.9. The maximum atomic E-state index is 13.1. The second-order valence-corrected chi connectivity index (χ2v) is 7.92. The number of benzene rings is 3. The second-order valence-electron chi connectivity index (χ2n) is 6.15. The maximum Gasteiger partial charge on any atom is 0.256 e. The SMILES string of the molecule is CSc1ccc(C(=O)Nc2cccc(-c3nccs3)c2)c(-c2ccccc2)c1. The van der Waals surface area contributed by atoms with E-state index in [9.17, 15) is 4.79 Å². The molecule has 28 heavy (non-hydrogen) atoms. The van der Waals surface area contributed by atoms with Gasteiger partial charge in [-0.3, -0.25) is 4.79 Å². The summed E-state index contributed by atoms with van der Waals surface area (Å²) in [4.78, 5) is 18.5. The quantitative estimate of drug-likeness (QED) is 0.390. The molecule has 0 bridgehead atoms. The van der Waals surface area contributed by atoms with Crippen LogP contribution < -0.4 is 5.32 Å². The normalized spacial score (nSPS) is 10.6. The molecule has 0 saturated heterocycles. The van der Waals surface area contributed by atoms with Gasteiger partial charge in [-0.25, -0.2) is 4.98 Å². The minimum absolute atomic E-state index is 0.122. The first kappa shape index (κ1) is 18.5. The monoisotopic (exact) mass is 402 g/mol. The Bertz CT molecular complexity index is 1090. The van der Waals surface area contributed by atoms with Gasteiger partial charge in [-0.15, -0.1) is 23.1 Å². The Morgan fingerprint density at radius 1 is 0.964 bits per heavy atom. The van der Waals surface area contributed by atoms with Crippen molar-refractivity contribution >= 4 is 34.7 Å². The van der Waals surface area contributed by atoms with Gasteiger partial charge in [0.15, 0.2) is 0 Å². The predicted molar refractivity (Wildman–Crippen MR) is 119 cm³/mol. The fourth-order valence-corrected chi connectivity index (χ4v) is 4.07. The van der Waals surface area contributed by atoms with E-state index in [1.165, 1.54) is 0 Å². The standard InChI is InChI=1S/C23H18N2OS2/c1-27-19-10-11-20(21(15-19)16-6-3-2-4-7-16)22(26)25-18-9-5-8-17(14-18)23-24-12-13-28-23/h2-15H,1H3,(H,25,26).